The van der Waals surface area contributed by atoms with Gasteiger partial charge in [-0.25, -0.2) is 0 Å². The van der Waals surface area contributed by atoms with Crippen LogP contribution in [0.5, 0.6) is 0 Å². The SMILES string of the molecule is CCCCCCCCCCCCCCCC(=O)OC[C@@H](COC(=O)CCCCCCCCCCC)OC(=O)CCCCCCCCCCC(C)CC. The molecule has 0 bridgehead atoms. The molecule has 1 unspecified atom stereocenters. The molecule has 0 aliphatic heterocycles. The van der Waals surface area contributed by atoms with Gasteiger partial charge < -0.3 is 14.2 Å². The van der Waals surface area contributed by atoms with E-state index in [1.54, 1.807) is 0 Å². The third-order valence-corrected chi connectivity index (χ3v) is 10.7. The smallest absolute Gasteiger partial charge is 0.306 e. The average molecular weight is 737 g/mol. The van der Waals surface area contributed by atoms with Crippen LogP contribution in [0.4, 0.5) is 0 Å². The van der Waals surface area contributed by atoms with E-state index >= 15 is 0 Å². The Bertz CT molecular complexity index is 783. The van der Waals surface area contributed by atoms with Crippen LogP contribution in [0.25, 0.3) is 0 Å². The molecule has 0 radical (unpaired) electrons. The highest BCUT2D eigenvalue weighted by atomic mass is 16.6. The first-order valence-corrected chi connectivity index (χ1v) is 22.9. The molecule has 0 heterocycles. The van der Waals surface area contributed by atoms with Crippen LogP contribution >= 0.6 is 0 Å². The van der Waals surface area contributed by atoms with Crippen LogP contribution in [-0.4, -0.2) is 37.2 Å². The number of unbranched alkanes of at least 4 members (excludes halogenated alkanes) is 27. The Balaban J connectivity index is 4.32. The van der Waals surface area contributed by atoms with E-state index in [4.69, 9.17) is 14.2 Å². The predicted molar refractivity (Wildman–Crippen MR) is 220 cm³/mol. The molecule has 0 fully saturated rings. The number of rotatable bonds is 41. The molecule has 6 heteroatoms. The molecule has 0 aromatic heterocycles. The molecule has 0 aliphatic carbocycles. The summed E-state index contributed by atoms with van der Waals surface area (Å²) >= 11 is 0. The van der Waals surface area contributed by atoms with Crippen LogP contribution in [-0.2, 0) is 28.6 Å². The zero-order valence-electron chi connectivity index (χ0n) is 35.3. The topological polar surface area (TPSA) is 78.9 Å². The van der Waals surface area contributed by atoms with Gasteiger partial charge in [-0.15, -0.1) is 0 Å². The largest absolute Gasteiger partial charge is 0.462 e. The number of esters is 3. The predicted octanol–water partition coefficient (Wildman–Crippen LogP) is 14.3. The average Bonchev–Trinajstić information content (AvgIpc) is 3.14. The highest BCUT2D eigenvalue weighted by Crippen LogP contribution is 2.17. The normalized spacial score (nSPS) is 12.5. The van der Waals surface area contributed by atoms with Gasteiger partial charge in [-0.3, -0.25) is 14.4 Å². The molecule has 0 aliphatic rings. The maximum absolute atomic E-state index is 12.7. The molecule has 52 heavy (non-hydrogen) atoms. The van der Waals surface area contributed by atoms with Crippen molar-refractivity contribution in [3.8, 4) is 0 Å². The lowest BCUT2D eigenvalue weighted by molar-refractivity contribution is -0.167. The molecule has 6 nitrogen and oxygen atoms in total. The van der Waals surface area contributed by atoms with E-state index < -0.39 is 6.10 Å². The van der Waals surface area contributed by atoms with Crippen LogP contribution in [0.15, 0.2) is 0 Å². The fourth-order valence-electron chi connectivity index (χ4n) is 6.77. The van der Waals surface area contributed by atoms with Gasteiger partial charge in [0.25, 0.3) is 0 Å². The van der Waals surface area contributed by atoms with E-state index in [0.717, 1.165) is 63.7 Å². The molecule has 0 spiro atoms. The van der Waals surface area contributed by atoms with Gasteiger partial charge in [-0.1, -0.05) is 214 Å². The summed E-state index contributed by atoms with van der Waals surface area (Å²) in [6, 6.07) is 0. The number of carbonyl (C=O) groups is 3. The molecule has 0 aromatic rings. The van der Waals surface area contributed by atoms with Crippen molar-refractivity contribution in [1.82, 2.24) is 0 Å². The summed E-state index contributed by atoms with van der Waals surface area (Å²) in [4.78, 5) is 37.6. The maximum atomic E-state index is 12.7. The van der Waals surface area contributed by atoms with E-state index in [-0.39, 0.29) is 31.1 Å². The number of hydrogen-bond acceptors (Lipinski definition) is 6. The Kier molecular flexibility index (Phi) is 39.4. The van der Waals surface area contributed by atoms with Crippen molar-refractivity contribution < 1.29 is 28.6 Å². The van der Waals surface area contributed by atoms with Crippen molar-refractivity contribution in [2.45, 2.75) is 259 Å². The summed E-state index contributed by atoms with van der Waals surface area (Å²) in [5.41, 5.74) is 0. The van der Waals surface area contributed by atoms with Crippen LogP contribution < -0.4 is 0 Å². The van der Waals surface area contributed by atoms with E-state index in [1.165, 1.54) is 148 Å². The van der Waals surface area contributed by atoms with Crippen LogP contribution in [0.3, 0.4) is 0 Å². The molecule has 0 aromatic carbocycles. The Hall–Kier alpha value is -1.59. The van der Waals surface area contributed by atoms with Gasteiger partial charge in [-0.05, 0) is 25.2 Å². The second-order valence-corrected chi connectivity index (χ2v) is 15.9. The molecule has 0 rings (SSSR count). The van der Waals surface area contributed by atoms with Gasteiger partial charge >= 0.3 is 17.9 Å². The highest BCUT2D eigenvalue weighted by Gasteiger charge is 2.19. The highest BCUT2D eigenvalue weighted by molar-refractivity contribution is 5.71. The van der Waals surface area contributed by atoms with Crippen molar-refractivity contribution in [1.29, 1.82) is 0 Å². The number of ether oxygens (including phenoxy) is 3. The standard InChI is InChI=1S/C46H88O6/c1-5-8-10-12-14-16-17-18-19-21-26-30-34-38-45(48)51-41-43(40-50-44(47)37-33-29-25-20-15-13-11-9-6-2)52-46(49)39-35-31-27-23-22-24-28-32-36-42(4)7-3/h42-43H,5-41H2,1-4H3/t42?,43-/m1/s1. The van der Waals surface area contributed by atoms with Gasteiger partial charge in [-0.2, -0.15) is 0 Å². The molecule has 0 amide bonds. The minimum atomic E-state index is -0.759. The third kappa shape index (κ3) is 38.1. The Labute approximate surface area is 323 Å². The van der Waals surface area contributed by atoms with Crippen molar-refractivity contribution in [2.75, 3.05) is 13.2 Å². The van der Waals surface area contributed by atoms with Crippen LogP contribution in [0.2, 0.25) is 0 Å². The lowest BCUT2D eigenvalue weighted by atomic mass is 9.99. The number of carbonyl (C=O) groups excluding carboxylic acids is 3. The second kappa shape index (κ2) is 40.6. The van der Waals surface area contributed by atoms with E-state index in [2.05, 4.69) is 27.7 Å². The summed E-state index contributed by atoms with van der Waals surface area (Å²) in [5.74, 6) is -0.0123. The lowest BCUT2D eigenvalue weighted by Gasteiger charge is -2.18. The van der Waals surface area contributed by atoms with Crippen molar-refractivity contribution in [2.24, 2.45) is 5.92 Å². The van der Waals surface area contributed by atoms with Crippen molar-refractivity contribution in [3.05, 3.63) is 0 Å². The van der Waals surface area contributed by atoms with Gasteiger partial charge in [0, 0.05) is 19.3 Å². The fourth-order valence-corrected chi connectivity index (χ4v) is 6.77. The molecule has 308 valence electrons. The summed E-state index contributed by atoms with van der Waals surface area (Å²) in [7, 11) is 0. The zero-order valence-corrected chi connectivity index (χ0v) is 35.3. The van der Waals surface area contributed by atoms with Crippen LogP contribution in [0.1, 0.15) is 252 Å². The Morgan fingerprint density at radius 3 is 1.00 bits per heavy atom. The van der Waals surface area contributed by atoms with Gasteiger partial charge in [0.05, 0.1) is 0 Å². The summed E-state index contributed by atoms with van der Waals surface area (Å²) in [5, 5.41) is 0. The first kappa shape index (κ1) is 50.4. The minimum Gasteiger partial charge on any atom is -0.462 e. The molecule has 0 saturated carbocycles. The molecule has 0 saturated heterocycles. The fraction of sp³-hybridized carbons (Fsp3) is 0.935. The monoisotopic (exact) mass is 737 g/mol. The van der Waals surface area contributed by atoms with Crippen molar-refractivity contribution in [3.63, 3.8) is 0 Å². The lowest BCUT2D eigenvalue weighted by Crippen LogP contribution is -2.30. The second-order valence-electron chi connectivity index (χ2n) is 15.9. The van der Waals surface area contributed by atoms with E-state index in [1.807, 2.05) is 0 Å². The van der Waals surface area contributed by atoms with Gasteiger partial charge in [0.15, 0.2) is 6.10 Å². The molecule has 0 N–H and O–H groups in total. The summed E-state index contributed by atoms with van der Waals surface area (Å²) in [6.07, 6.45) is 39.4. The first-order valence-electron chi connectivity index (χ1n) is 22.9. The van der Waals surface area contributed by atoms with Crippen LogP contribution in [0, 0.1) is 5.92 Å². The molecular weight excluding hydrogens is 648 g/mol. The zero-order chi connectivity index (χ0) is 38.2. The summed E-state index contributed by atoms with van der Waals surface area (Å²) in [6.45, 7) is 8.98. The Morgan fingerprint density at radius 1 is 0.385 bits per heavy atom. The third-order valence-electron chi connectivity index (χ3n) is 10.7. The number of hydrogen-bond donors (Lipinski definition) is 0. The summed E-state index contributed by atoms with van der Waals surface area (Å²) < 4.78 is 16.7. The van der Waals surface area contributed by atoms with E-state index in [0.29, 0.717) is 19.3 Å². The van der Waals surface area contributed by atoms with Gasteiger partial charge in [0.1, 0.15) is 13.2 Å². The first-order chi connectivity index (χ1) is 25.4. The molecular formula is C46H88O6. The quantitative estimate of drug-likeness (QED) is 0.0353. The van der Waals surface area contributed by atoms with Gasteiger partial charge in [0.2, 0.25) is 0 Å². The van der Waals surface area contributed by atoms with E-state index in [9.17, 15) is 14.4 Å². The maximum Gasteiger partial charge on any atom is 0.306 e. The molecule has 2 atom stereocenters. The Morgan fingerprint density at radius 2 is 0.673 bits per heavy atom. The minimum absolute atomic E-state index is 0.0641. The van der Waals surface area contributed by atoms with Crippen molar-refractivity contribution >= 4 is 17.9 Å².